The summed E-state index contributed by atoms with van der Waals surface area (Å²) in [5.74, 6) is 0.959. The van der Waals surface area contributed by atoms with E-state index in [0.29, 0.717) is 6.61 Å². The summed E-state index contributed by atoms with van der Waals surface area (Å²) in [6, 6.07) is 17.2. The van der Waals surface area contributed by atoms with Gasteiger partial charge in [-0.15, -0.1) is 11.6 Å². The maximum Gasteiger partial charge on any atom is 0.122 e. The number of nitrogens with zero attached hydrogens (tertiary/aromatic N) is 2. The number of rotatable bonds is 7. The van der Waals surface area contributed by atoms with Crippen molar-refractivity contribution >= 4 is 11.6 Å². The summed E-state index contributed by atoms with van der Waals surface area (Å²) in [5.41, 5.74) is 1.12. The summed E-state index contributed by atoms with van der Waals surface area (Å²) in [6.07, 6.45) is 0.971. The first-order chi connectivity index (χ1) is 12.2. The van der Waals surface area contributed by atoms with Crippen LogP contribution >= 0.6 is 11.6 Å². The molecule has 0 aliphatic carbocycles. The summed E-state index contributed by atoms with van der Waals surface area (Å²) < 4.78 is 5.68. The molecule has 3 rings (SSSR count). The van der Waals surface area contributed by atoms with Crippen LogP contribution in [-0.4, -0.2) is 54.2 Å². The summed E-state index contributed by atoms with van der Waals surface area (Å²) in [5, 5.41) is 9.42. The minimum Gasteiger partial charge on any atom is -0.508 e. The number of benzene rings is 2. The van der Waals surface area contributed by atoms with Crippen molar-refractivity contribution in [2.24, 2.45) is 0 Å². The molecule has 134 valence electrons. The van der Waals surface area contributed by atoms with E-state index in [1.54, 1.807) is 18.2 Å². The zero-order valence-electron chi connectivity index (χ0n) is 14.4. The molecule has 0 saturated carbocycles. The molecule has 2 aromatic carbocycles. The zero-order chi connectivity index (χ0) is 17.5. The quantitative estimate of drug-likeness (QED) is 0.464. The van der Waals surface area contributed by atoms with E-state index in [0.717, 1.165) is 50.5 Å². The maximum atomic E-state index is 9.42. The van der Waals surface area contributed by atoms with Crippen LogP contribution in [0.5, 0.6) is 11.5 Å². The fourth-order valence-corrected chi connectivity index (χ4v) is 3.43. The third-order valence-corrected chi connectivity index (χ3v) is 5.04. The minimum absolute atomic E-state index is 0.0440. The van der Waals surface area contributed by atoms with Crippen molar-refractivity contribution in [3.63, 3.8) is 0 Å². The molecule has 4 nitrogen and oxygen atoms in total. The fraction of sp³-hybridized carbons (Fsp3) is 0.400. The van der Waals surface area contributed by atoms with E-state index >= 15 is 0 Å². The van der Waals surface area contributed by atoms with Gasteiger partial charge >= 0.3 is 0 Å². The molecule has 1 heterocycles. The molecular formula is C20H25ClN2O2. The third kappa shape index (κ3) is 5.36. The van der Waals surface area contributed by atoms with Gasteiger partial charge in [-0.1, -0.05) is 36.4 Å². The van der Waals surface area contributed by atoms with Gasteiger partial charge in [-0.05, 0) is 24.1 Å². The van der Waals surface area contributed by atoms with Gasteiger partial charge in [0.05, 0.1) is 6.61 Å². The highest BCUT2D eigenvalue weighted by Crippen LogP contribution is 2.25. The van der Waals surface area contributed by atoms with E-state index in [2.05, 4.69) is 21.9 Å². The Morgan fingerprint density at radius 1 is 1.00 bits per heavy atom. The number of ether oxygens (including phenoxy) is 1. The van der Waals surface area contributed by atoms with Crippen LogP contribution < -0.4 is 4.74 Å². The molecule has 0 aromatic heterocycles. The number of alkyl halides is 1. The first-order valence-electron chi connectivity index (χ1n) is 8.79. The van der Waals surface area contributed by atoms with E-state index in [-0.39, 0.29) is 11.3 Å². The SMILES string of the molecule is Oc1cccc(OCCCN2CCN(C(Cl)c3ccccc3)CC2)c1. The zero-order valence-corrected chi connectivity index (χ0v) is 15.1. The van der Waals surface area contributed by atoms with Gasteiger partial charge in [-0.25, -0.2) is 0 Å². The molecule has 0 bridgehead atoms. The van der Waals surface area contributed by atoms with Crippen molar-refractivity contribution in [2.75, 3.05) is 39.3 Å². The van der Waals surface area contributed by atoms with Gasteiger partial charge in [-0.3, -0.25) is 4.90 Å². The molecule has 25 heavy (non-hydrogen) atoms. The molecule has 1 aliphatic rings. The third-order valence-electron chi connectivity index (χ3n) is 4.51. The van der Waals surface area contributed by atoms with Crippen LogP contribution in [0.1, 0.15) is 17.5 Å². The first kappa shape index (κ1) is 18.1. The lowest BCUT2D eigenvalue weighted by Crippen LogP contribution is -2.47. The predicted molar refractivity (Wildman–Crippen MR) is 101 cm³/mol. The molecule has 1 saturated heterocycles. The van der Waals surface area contributed by atoms with Crippen molar-refractivity contribution in [3.8, 4) is 11.5 Å². The normalized spacial score (nSPS) is 17.3. The van der Waals surface area contributed by atoms with Crippen LogP contribution in [0, 0.1) is 0 Å². The second kappa shape index (κ2) is 9.09. The average Bonchev–Trinajstić information content (AvgIpc) is 2.66. The van der Waals surface area contributed by atoms with E-state index in [9.17, 15) is 5.11 Å². The number of hydrogen-bond acceptors (Lipinski definition) is 4. The maximum absolute atomic E-state index is 9.42. The van der Waals surface area contributed by atoms with Crippen molar-refractivity contribution in [2.45, 2.75) is 11.9 Å². The number of aromatic hydroxyl groups is 1. The topological polar surface area (TPSA) is 35.9 Å². The largest absolute Gasteiger partial charge is 0.508 e. The number of phenols is 1. The van der Waals surface area contributed by atoms with E-state index in [4.69, 9.17) is 16.3 Å². The molecule has 0 amide bonds. The molecule has 1 atom stereocenters. The molecule has 1 unspecified atom stereocenters. The predicted octanol–water partition coefficient (Wildman–Crippen LogP) is 3.72. The summed E-state index contributed by atoms with van der Waals surface area (Å²) in [7, 11) is 0. The lowest BCUT2D eigenvalue weighted by Gasteiger charge is -2.37. The van der Waals surface area contributed by atoms with Crippen molar-refractivity contribution in [3.05, 3.63) is 60.2 Å². The van der Waals surface area contributed by atoms with Gasteiger partial charge in [-0.2, -0.15) is 0 Å². The Morgan fingerprint density at radius 3 is 2.48 bits per heavy atom. The highest BCUT2D eigenvalue weighted by atomic mass is 35.5. The van der Waals surface area contributed by atoms with Gasteiger partial charge in [0.15, 0.2) is 0 Å². The Morgan fingerprint density at radius 2 is 1.76 bits per heavy atom. The molecule has 1 fully saturated rings. The lowest BCUT2D eigenvalue weighted by atomic mass is 10.2. The van der Waals surface area contributed by atoms with E-state index in [1.165, 1.54) is 0 Å². The Kier molecular flexibility index (Phi) is 6.56. The highest BCUT2D eigenvalue weighted by Gasteiger charge is 2.22. The Balaban J connectivity index is 1.35. The second-order valence-corrected chi connectivity index (χ2v) is 6.74. The van der Waals surface area contributed by atoms with Gasteiger partial charge in [0.2, 0.25) is 0 Å². The molecular weight excluding hydrogens is 336 g/mol. The Labute approximate surface area is 154 Å². The minimum atomic E-state index is -0.0440. The Bertz CT molecular complexity index is 645. The van der Waals surface area contributed by atoms with Crippen LogP contribution in [0.2, 0.25) is 0 Å². The van der Waals surface area contributed by atoms with Crippen LogP contribution in [-0.2, 0) is 0 Å². The van der Waals surface area contributed by atoms with Crippen LogP contribution in [0.15, 0.2) is 54.6 Å². The van der Waals surface area contributed by atoms with Gasteiger partial charge < -0.3 is 14.7 Å². The van der Waals surface area contributed by atoms with Crippen molar-refractivity contribution in [1.82, 2.24) is 9.80 Å². The van der Waals surface area contributed by atoms with E-state index < -0.39 is 0 Å². The number of phenolic OH excluding ortho intramolecular Hbond substituents is 1. The second-order valence-electron chi connectivity index (χ2n) is 6.32. The number of hydrogen-bond donors (Lipinski definition) is 1. The number of piperazine rings is 1. The summed E-state index contributed by atoms with van der Waals surface area (Å²) >= 11 is 6.61. The molecule has 2 aromatic rings. The lowest BCUT2D eigenvalue weighted by molar-refractivity contribution is 0.116. The van der Waals surface area contributed by atoms with Crippen LogP contribution in [0.4, 0.5) is 0 Å². The average molecular weight is 361 g/mol. The molecule has 1 aliphatic heterocycles. The van der Waals surface area contributed by atoms with Gasteiger partial charge in [0, 0.05) is 38.8 Å². The first-order valence-corrected chi connectivity index (χ1v) is 9.23. The standard InChI is InChI=1S/C20H25ClN2O2/c21-20(17-6-2-1-3-7-17)23-13-11-22(12-14-23)10-5-15-25-19-9-4-8-18(24)16-19/h1-4,6-9,16,20,24H,5,10-15H2. The van der Waals surface area contributed by atoms with Crippen LogP contribution in [0.25, 0.3) is 0 Å². The molecule has 0 radical (unpaired) electrons. The molecule has 0 spiro atoms. The molecule has 1 N–H and O–H groups in total. The molecule has 5 heteroatoms. The van der Waals surface area contributed by atoms with E-state index in [1.807, 2.05) is 24.3 Å². The van der Waals surface area contributed by atoms with Crippen molar-refractivity contribution < 1.29 is 9.84 Å². The summed E-state index contributed by atoms with van der Waals surface area (Å²) in [6.45, 7) is 5.70. The fourth-order valence-electron chi connectivity index (χ4n) is 3.09. The highest BCUT2D eigenvalue weighted by molar-refractivity contribution is 6.20. The number of halogens is 1. The van der Waals surface area contributed by atoms with Crippen LogP contribution in [0.3, 0.4) is 0 Å². The monoisotopic (exact) mass is 360 g/mol. The van der Waals surface area contributed by atoms with Crippen molar-refractivity contribution in [1.29, 1.82) is 0 Å². The summed E-state index contributed by atoms with van der Waals surface area (Å²) in [4.78, 5) is 4.79. The smallest absolute Gasteiger partial charge is 0.122 e. The van der Waals surface area contributed by atoms with Gasteiger partial charge in [0.1, 0.15) is 17.0 Å². The van der Waals surface area contributed by atoms with Gasteiger partial charge in [0.25, 0.3) is 0 Å². The Hall–Kier alpha value is -1.75.